The quantitative estimate of drug-likeness (QED) is 0.604. The minimum Gasteiger partial charge on any atom is -0.279 e. The number of carbonyl (C=O) groups excluding carboxylic acids is 1. The van der Waals surface area contributed by atoms with Crippen molar-refractivity contribution in [1.82, 2.24) is 8.87 Å². The van der Waals surface area contributed by atoms with Gasteiger partial charge < -0.3 is 0 Å². The van der Waals surface area contributed by atoms with Gasteiger partial charge in [-0.25, -0.2) is 12.7 Å². The van der Waals surface area contributed by atoms with E-state index in [2.05, 4.69) is 0 Å². The van der Waals surface area contributed by atoms with Crippen molar-refractivity contribution in [3.8, 4) is 0 Å². The number of alkyl halides is 3. The highest BCUT2D eigenvalue weighted by molar-refractivity contribution is 7.89. The molecule has 5 nitrogen and oxygen atoms in total. The zero-order valence-electron chi connectivity index (χ0n) is 15.6. The van der Waals surface area contributed by atoms with Crippen LogP contribution in [0.1, 0.15) is 15.9 Å². The van der Waals surface area contributed by atoms with Crippen LogP contribution in [0.3, 0.4) is 0 Å². The molecule has 0 bridgehead atoms. The highest BCUT2D eigenvalue weighted by Gasteiger charge is 2.40. The SMILES string of the molecule is CN(Cc1ccccc1)S(=O)(=O)CCc1ccc2c(ccn2C(=O)C(F)(F)F)c1. The van der Waals surface area contributed by atoms with E-state index < -0.39 is 22.1 Å². The van der Waals surface area contributed by atoms with Gasteiger partial charge in [0, 0.05) is 25.2 Å². The summed E-state index contributed by atoms with van der Waals surface area (Å²) in [7, 11) is -2.00. The summed E-state index contributed by atoms with van der Waals surface area (Å²) in [5, 5.41) is 0.440. The molecule has 3 rings (SSSR count). The van der Waals surface area contributed by atoms with Crippen molar-refractivity contribution in [2.75, 3.05) is 12.8 Å². The number of sulfonamides is 1. The summed E-state index contributed by atoms with van der Waals surface area (Å²) >= 11 is 0. The number of aromatic nitrogens is 1. The Kier molecular flexibility index (Phi) is 5.81. The fourth-order valence-electron chi connectivity index (χ4n) is 3.00. The average molecular weight is 424 g/mol. The molecule has 0 N–H and O–H groups in total. The number of fused-ring (bicyclic) bond motifs is 1. The maximum atomic E-state index is 12.7. The van der Waals surface area contributed by atoms with Gasteiger partial charge in [-0.2, -0.15) is 13.2 Å². The Morgan fingerprint density at radius 3 is 2.38 bits per heavy atom. The molecular formula is C20H19F3N2O3S. The van der Waals surface area contributed by atoms with Crippen LogP contribution in [0, 0.1) is 0 Å². The maximum Gasteiger partial charge on any atom is 0.472 e. The zero-order chi connectivity index (χ0) is 21.2. The van der Waals surface area contributed by atoms with E-state index in [1.165, 1.54) is 29.6 Å². The molecule has 0 saturated carbocycles. The number of hydrogen-bond acceptors (Lipinski definition) is 3. The van der Waals surface area contributed by atoms with Gasteiger partial charge in [-0.05, 0) is 35.7 Å². The van der Waals surface area contributed by atoms with Gasteiger partial charge in [0.25, 0.3) is 0 Å². The largest absolute Gasteiger partial charge is 0.472 e. The maximum absolute atomic E-state index is 12.7. The minimum absolute atomic E-state index is 0.125. The minimum atomic E-state index is -4.97. The molecule has 0 amide bonds. The molecule has 9 heteroatoms. The van der Waals surface area contributed by atoms with Gasteiger partial charge in [-0.15, -0.1) is 0 Å². The van der Waals surface area contributed by atoms with E-state index >= 15 is 0 Å². The van der Waals surface area contributed by atoms with Gasteiger partial charge >= 0.3 is 12.1 Å². The molecule has 0 aliphatic rings. The summed E-state index contributed by atoms with van der Waals surface area (Å²) in [6, 6.07) is 15.1. The first-order valence-corrected chi connectivity index (χ1v) is 10.4. The van der Waals surface area contributed by atoms with Crippen LogP contribution in [0.5, 0.6) is 0 Å². The lowest BCUT2D eigenvalue weighted by Crippen LogP contribution is -2.29. The molecule has 1 aromatic heterocycles. The first-order chi connectivity index (χ1) is 13.6. The van der Waals surface area contributed by atoms with Crippen LogP contribution in [-0.4, -0.2) is 42.2 Å². The van der Waals surface area contributed by atoms with Crippen molar-refractivity contribution in [3.63, 3.8) is 0 Å². The van der Waals surface area contributed by atoms with E-state index in [0.29, 0.717) is 15.5 Å². The van der Waals surface area contributed by atoms with Crippen molar-refractivity contribution in [1.29, 1.82) is 0 Å². The number of nitrogens with zero attached hydrogens (tertiary/aromatic N) is 2. The van der Waals surface area contributed by atoms with Gasteiger partial charge in [0.2, 0.25) is 10.0 Å². The van der Waals surface area contributed by atoms with Gasteiger partial charge in [0.1, 0.15) is 0 Å². The molecule has 29 heavy (non-hydrogen) atoms. The van der Waals surface area contributed by atoms with Crippen LogP contribution in [0.25, 0.3) is 10.9 Å². The Labute approximate surface area is 166 Å². The number of halogens is 3. The van der Waals surface area contributed by atoms with Crippen molar-refractivity contribution in [2.45, 2.75) is 19.1 Å². The highest BCUT2D eigenvalue weighted by atomic mass is 32.2. The van der Waals surface area contributed by atoms with Crippen molar-refractivity contribution in [3.05, 3.63) is 71.9 Å². The molecule has 0 aliphatic heterocycles. The fourth-order valence-corrected chi connectivity index (χ4v) is 4.15. The third kappa shape index (κ3) is 4.86. The van der Waals surface area contributed by atoms with Crippen molar-refractivity contribution >= 4 is 26.8 Å². The normalized spacial score (nSPS) is 12.6. The highest BCUT2D eigenvalue weighted by Crippen LogP contribution is 2.24. The van der Waals surface area contributed by atoms with Crippen molar-refractivity contribution in [2.24, 2.45) is 0 Å². The Bertz CT molecular complexity index is 1120. The Hall–Kier alpha value is -2.65. The number of carbonyl (C=O) groups is 1. The topological polar surface area (TPSA) is 59.4 Å². The van der Waals surface area contributed by atoms with Crippen LogP contribution in [0.2, 0.25) is 0 Å². The fraction of sp³-hybridized carbons (Fsp3) is 0.250. The van der Waals surface area contributed by atoms with Gasteiger partial charge in [0.05, 0.1) is 11.3 Å². The first kappa shape index (κ1) is 21.1. The summed E-state index contributed by atoms with van der Waals surface area (Å²) in [6.07, 6.45) is -3.70. The van der Waals surface area contributed by atoms with E-state index in [9.17, 15) is 26.4 Å². The predicted octanol–water partition coefficient (Wildman–Crippen LogP) is 3.85. The molecule has 0 saturated heterocycles. The number of benzene rings is 2. The molecule has 0 atom stereocenters. The summed E-state index contributed by atoms with van der Waals surface area (Å²) in [4.78, 5) is 11.5. The second kappa shape index (κ2) is 8.00. The summed E-state index contributed by atoms with van der Waals surface area (Å²) in [5.41, 5.74) is 1.65. The lowest BCUT2D eigenvalue weighted by molar-refractivity contribution is -0.0942. The molecule has 154 valence electrons. The molecule has 0 aliphatic carbocycles. The molecule has 2 aromatic carbocycles. The van der Waals surface area contributed by atoms with E-state index in [1.807, 2.05) is 30.3 Å². The monoisotopic (exact) mass is 424 g/mol. The van der Waals surface area contributed by atoms with E-state index in [4.69, 9.17) is 0 Å². The third-order valence-corrected chi connectivity index (χ3v) is 6.39. The number of aryl methyl sites for hydroxylation is 1. The Balaban J connectivity index is 1.71. The van der Waals surface area contributed by atoms with Gasteiger partial charge in [-0.3, -0.25) is 9.36 Å². The molecule has 1 heterocycles. The molecule has 3 aromatic rings. The second-order valence-electron chi connectivity index (χ2n) is 6.69. The lowest BCUT2D eigenvalue weighted by Gasteiger charge is -2.17. The van der Waals surface area contributed by atoms with Gasteiger partial charge in [0.15, 0.2) is 0 Å². The van der Waals surface area contributed by atoms with Crippen LogP contribution < -0.4 is 0 Å². The van der Waals surface area contributed by atoms with Gasteiger partial charge in [-0.1, -0.05) is 36.4 Å². The summed E-state index contributed by atoms with van der Waals surface area (Å²) < 4.78 is 64.9. The number of rotatable bonds is 6. The molecule has 0 unspecified atom stereocenters. The lowest BCUT2D eigenvalue weighted by atomic mass is 10.1. The van der Waals surface area contributed by atoms with Crippen molar-refractivity contribution < 1.29 is 26.4 Å². The van der Waals surface area contributed by atoms with Crippen LogP contribution >= 0.6 is 0 Å². The first-order valence-electron chi connectivity index (χ1n) is 8.77. The van der Waals surface area contributed by atoms with Crippen LogP contribution in [0.4, 0.5) is 13.2 Å². The molecule has 0 fully saturated rings. The van der Waals surface area contributed by atoms with E-state index in [1.54, 1.807) is 6.07 Å². The molecular weight excluding hydrogens is 405 g/mol. The zero-order valence-corrected chi connectivity index (χ0v) is 16.4. The molecule has 0 radical (unpaired) electrons. The Morgan fingerprint density at radius 1 is 1.03 bits per heavy atom. The molecule has 0 spiro atoms. The smallest absolute Gasteiger partial charge is 0.279 e. The predicted molar refractivity (Wildman–Crippen MR) is 104 cm³/mol. The standard InChI is InChI=1S/C20H19F3N2O3S/c1-24(14-16-5-3-2-4-6-16)29(27,28)12-10-15-7-8-18-17(13-15)9-11-25(18)19(26)20(21,22)23/h2-9,11,13H,10,12,14H2,1H3. The van der Waals surface area contributed by atoms with Crippen LogP contribution in [0.15, 0.2) is 60.8 Å². The summed E-state index contributed by atoms with van der Waals surface area (Å²) in [6.45, 7) is 0.255. The van der Waals surface area contributed by atoms with E-state index in [0.717, 1.165) is 11.8 Å². The Morgan fingerprint density at radius 2 is 1.72 bits per heavy atom. The van der Waals surface area contributed by atoms with Crippen LogP contribution in [-0.2, 0) is 23.0 Å². The summed E-state index contributed by atoms with van der Waals surface area (Å²) in [5.74, 6) is -2.10. The number of hydrogen-bond donors (Lipinski definition) is 0. The third-order valence-electron chi connectivity index (χ3n) is 4.59. The second-order valence-corrected chi connectivity index (χ2v) is 8.88. The average Bonchev–Trinajstić information content (AvgIpc) is 3.09. The van der Waals surface area contributed by atoms with E-state index in [-0.39, 0.29) is 24.2 Å².